The lowest BCUT2D eigenvalue weighted by atomic mass is 9.95. The molecule has 1 heterocycles. The van der Waals surface area contributed by atoms with E-state index in [0.29, 0.717) is 38.1 Å². The molecule has 0 N–H and O–H groups in total. The lowest BCUT2D eigenvalue weighted by Crippen LogP contribution is -2.43. The van der Waals surface area contributed by atoms with Crippen LogP contribution in [0.4, 0.5) is 26.3 Å². The van der Waals surface area contributed by atoms with Crippen LogP contribution in [0.3, 0.4) is 0 Å². The number of nitrogens with zero attached hydrogens (tertiary/aromatic N) is 2. The third kappa shape index (κ3) is 7.84. The number of carbonyl (C=O) groups is 2. The van der Waals surface area contributed by atoms with Crippen molar-refractivity contribution in [3.63, 3.8) is 0 Å². The van der Waals surface area contributed by atoms with Gasteiger partial charge in [-0.25, -0.2) is 0 Å². The average Bonchev–Trinajstić information content (AvgIpc) is 2.83. The van der Waals surface area contributed by atoms with E-state index in [2.05, 4.69) is 0 Å². The van der Waals surface area contributed by atoms with Gasteiger partial charge in [-0.05, 0) is 49.4 Å². The van der Waals surface area contributed by atoms with Gasteiger partial charge in [-0.3, -0.25) is 9.59 Å². The molecule has 0 atom stereocenters. The van der Waals surface area contributed by atoms with Gasteiger partial charge in [-0.1, -0.05) is 42.0 Å². The average molecular weight is 527 g/mol. The zero-order valence-corrected chi connectivity index (χ0v) is 20.5. The number of likely N-dealkylation sites (tertiary alicyclic amines) is 1. The number of rotatable bonds is 6. The first-order valence-corrected chi connectivity index (χ1v) is 11.8. The summed E-state index contributed by atoms with van der Waals surface area (Å²) in [7, 11) is 0. The molecule has 3 rings (SSSR count). The van der Waals surface area contributed by atoms with Crippen molar-refractivity contribution in [2.75, 3.05) is 26.2 Å². The molecule has 0 spiro atoms. The number of alkyl halides is 6. The largest absolute Gasteiger partial charge is 0.416 e. The molecule has 2 aromatic carbocycles. The van der Waals surface area contributed by atoms with Crippen molar-refractivity contribution in [2.45, 2.75) is 39.0 Å². The molecule has 0 aliphatic carbocycles. The van der Waals surface area contributed by atoms with Gasteiger partial charge >= 0.3 is 12.4 Å². The van der Waals surface area contributed by atoms with Crippen LogP contribution in [0.2, 0.25) is 0 Å². The molecule has 0 unspecified atom stereocenters. The third-order valence-corrected chi connectivity index (χ3v) is 6.31. The molecule has 0 saturated carbocycles. The Morgan fingerprint density at radius 1 is 0.919 bits per heavy atom. The lowest BCUT2D eigenvalue weighted by Gasteiger charge is -2.35. The summed E-state index contributed by atoms with van der Waals surface area (Å²) in [5.74, 6) is -0.937. The van der Waals surface area contributed by atoms with E-state index in [4.69, 9.17) is 0 Å². The first-order valence-electron chi connectivity index (χ1n) is 11.8. The molecule has 4 nitrogen and oxygen atoms in total. The summed E-state index contributed by atoms with van der Waals surface area (Å²) in [6, 6.07) is 10.6. The van der Waals surface area contributed by atoms with E-state index in [1.807, 2.05) is 43.3 Å². The normalized spacial score (nSPS) is 15.6. The van der Waals surface area contributed by atoms with Crippen molar-refractivity contribution in [2.24, 2.45) is 5.92 Å². The van der Waals surface area contributed by atoms with Gasteiger partial charge in [0.2, 0.25) is 5.91 Å². The van der Waals surface area contributed by atoms with Gasteiger partial charge in [0.1, 0.15) is 0 Å². The van der Waals surface area contributed by atoms with E-state index in [-0.39, 0.29) is 31.0 Å². The summed E-state index contributed by atoms with van der Waals surface area (Å²) in [5.41, 5.74) is -1.68. The number of hydrogen-bond acceptors (Lipinski definition) is 2. The highest BCUT2D eigenvalue weighted by Crippen LogP contribution is 2.36. The van der Waals surface area contributed by atoms with E-state index in [0.717, 1.165) is 11.1 Å². The SMILES string of the molecule is CC(=O)N(C/C(C)=C/c1ccccc1)CC1CCN(C(=O)c2cc(C(F)(F)F)cc(C(F)(F)F)c2)CC1. The molecule has 0 bridgehead atoms. The van der Waals surface area contributed by atoms with Crippen LogP contribution in [-0.4, -0.2) is 47.8 Å². The van der Waals surface area contributed by atoms with E-state index < -0.39 is 35.0 Å². The number of carbonyl (C=O) groups excluding carboxylic acids is 2. The summed E-state index contributed by atoms with van der Waals surface area (Å²) in [6.07, 6.45) is -7.11. The highest BCUT2D eigenvalue weighted by molar-refractivity contribution is 5.94. The quantitative estimate of drug-likeness (QED) is 0.402. The van der Waals surface area contributed by atoms with Crippen molar-refractivity contribution < 1.29 is 35.9 Å². The van der Waals surface area contributed by atoms with Gasteiger partial charge in [0.25, 0.3) is 5.91 Å². The van der Waals surface area contributed by atoms with Gasteiger partial charge in [0.15, 0.2) is 0 Å². The van der Waals surface area contributed by atoms with Crippen LogP contribution in [0.5, 0.6) is 0 Å². The fourth-order valence-corrected chi connectivity index (χ4v) is 4.38. The Hall–Kier alpha value is -3.30. The maximum absolute atomic E-state index is 13.2. The predicted molar refractivity (Wildman–Crippen MR) is 127 cm³/mol. The Morgan fingerprint density at radius 2 is 1.46 bits per heavy atom. The summed E-state index contributed by atoms with van der Waals surface area (Å²) in [5, 5.41) is 0. The molecule has 2 amide bonds. The highest BCUT2D eigenvalue weighted by atomic mass is 19.4. The van der Waals surface area contributed by atoms with E-state index in [1.165, 1.54) is 11.8 Å². The zero-order chi connectivity index (χ0) is 27.4. The molecule has 0 aromatic heterocycles. The Bertz CT molecular complexity index is 1100. The topological polar surface area (TPSA) is 40.6 Å². The van der Waals surface area contributed by atoms with Crippen molar-refractivity contribution in [3.05, 3.63) is 76.4 Å². The second-order valence-electron chi connectivity index (χ2n) is 9.33. The van der Waals surface area contributed by atoms with Gasteiger partial charge in [0.05, 0.1) is 11.1 Å². The molecule has 1 aliphatic rings. The Labute approximate surface area is 211 Å². The van der Waals surface area contributed by atoms with E-state index in [1.54, 1.807) is 4.90 Å². The fourth-order valence-electron chi connectivity index (χ4n) is 4.38. The standard InChI is InChI=1S/C27H28F6N2O2/c1-18(12-20-6-4-3-5-7-20)16-35(19(2)36)17-21-8-10-34(11-9-21)25(37)22-13-23(26(28,29)30)15-24(14-22)27(31,32)33/h3-7,12-15,21H,8-11,16-17H2,1-2H3/b18-12+. The van der Waals surface area contributed by atoms with Crippen LogP contribution in [0.1, 0.15) is 53.7 Å². The Kier molecular flexibility index (Phi) is 8.71. The van der Waals surface area contributed by atoms with Gasteiger partial charge in [0, 0.05) is 38.7 Å². The van der Waals surface area contributed by atoms with Crippen molar-refractivity contribution in [3.8, 4) is 0 Å². The molecule has 1 aliphatic heterocycles. The minimum Gasteiger partial charge on any atom is -0.339 e. The molecule has 0 radical (unpaired) electrons. The van der Waals surface area contributed by atoms with Crippen LogP contribution in [-0.2, 0) is 17.1 Å². The van der Waals surface area contributed by atoms with Crippen LogP contribution < -0.4 is 0 Å². The van der Waals surface area contributed by atoms with Crippen LogP contribution >= 0.6 is 0 Å². The minimum atomic E-state index is -5.02. The molecular weight excluding hydrogens is 498 g/mol. The molecule has 1 saturated heterocycles. The zero-order valence-electron chi connectivity index (χ0n) is 20.5. The minimum absolute atomic E-state index is 0.00753. The van der Waals surface area contributed by atoms with Crippen molar-refractivity contribution in [1.82, 2.24) is 9.80 Å². The maximum Gasteiger partial charge on any atom is 0.416 e. The molecular formula is C27H28F6N2O2. The summed E-state index contributed by atoms with van der Waals surface area (Å²) >= 11 is 0. The van der Waals surface area contributed by atoms with Crippen LogP contribution in [0.25, 0.3) is 6.08 Å². The Morgan fingerprint density at radius 3 is 1.95 bits per heavy atom. The smallest absolute Gasteiger partial charge is 0.339 e. The Balaban J connectivity index is 1.65. The highest BCUT2D eigenvalue weighted by Gasteiger charge is 2.38. The fraction of sp³-hybridized carbons (Fsp3) is 0.407. The van der Waals surface area contributed by atoms with Crippen molar-refractivity contribution >= 4 is 17.9 Å². The third-order valence-electron chi connectivity index (χ3n) is 6.31. The lowest BCUT2D eigenvalue weighted by molar-refractivity contribution is -0.143. The number of halogens is 6. The molecule has 2 aromatic rings. The van der Waals surface area contributed by atoms with Gasteiger partial charge < -0.3 is 9.80 Å². The second kappa shape index (κ2) is 11.4. The summed E-state index contributed by atoms with van der Waals surface area (Å²) in [6.45, 7) is 4.61. The van der Waals surface area contributed by atoms with Gasteiger partial charge in [-0.2, -0.15) is 26.3 Å². The predicted octanol–water partition coefficient (Wildman–Crippen LogP) is 6.53. The maximum atomic E-state index is 13.2. The number of amides is 2. The van der Waals surface area contributed by atoms with Crippen LogP contribution in [0.15, 0.2) is 54.1 Å². The molecule has 37 heavy (non-hydrogen) atoms. The molecule has 1 fully saturated rings. The molecule has 200 valence electrons. The second-order valence-corrected chi connectivity index (χ2v) is 9.33. The number of piperidine rings is 1. The van der Waals surface area contributed by atoms with Crippen LogP contribution in [0, 0.1) is 5.92 Å². The van der Waals surface area contributed by atoms with E-state index in [9.17, 15) is 35.9 Å². The summed E-state index contributed by atoms with van der Waals surface area (Å²) in [4.78, 5) is 28.0. The first kappa shape index (κ1) is 28.3. The van der Waals surface area contributed by atoms with Gasteiger partial charge in [-0.15, -0.1) is 0 Å². The first-order chi connectivity index (χ1) is 17.2. The number of benzene rings is 2. The monoisotopic (exact) mass is 526 g/mol. The summed E-state index contributed by atoms with van der Waals surface area (Å²) < 4.78 is 79.0. The van der Waals surface area contributed by atoms with Crippen molar-refractivity contribution in [1.29, 1.82) is 0 Å². The number of hydrogen-bond donors (Lipinski definition) is 0. The molecule has 10 heteroatoms. The van der Waals surface area contributed by atoms with E-state index >= 15 is 0 Å².